The summed E-state index contributed by atoms with van der Waals surface area (Å²) < 4.78 is 0. The molecule has 1 heterocycles. The van der Waals surface area contributed by atoms with Gasteiger partial charge in [-0.05, 0) is 31.2 Å². The molecular formula is C12H14ClNO. The molecule has 0 radical (unpaired) electrons. The summed E-state index contributed by atoms with van der Waals surface area (Å²) >= 11 is 5.84. The molecule has 1 saturated heterocycles. The first kappa shape index (κ1) is 10.5. The molecule has 0 N–H and O–H groups in total. The highest BCUT2D eigenvalue weighted by molar-refractivity contribution is 6.30. The van der Waals surface area contributed by atoms with Crippen molar-refractivity contribution in [1.82, 2.24) is 0 Å². The highest BCUT2D eigenvalue weighted by Crippen LogP contribution is 2.24. The second kappa shape index (κ2) is 4.23. The number of anilines is 1. The van der Waals surface area contributed by atoms with Crippen LogP contribution in [-0.2, 0) is 4.79 Å². The van der Waals surface area contributed by atoms with Crippen LogP contribution in [-0.4, -0.2) is 18.4 Å². The van der Waals surface area contributed by atoms with Crippen molar-refractivity contribution in [2.45, 2.75) is 25.8 Å². The van der Waals surface area contributed by atoms with Crippen molar-refractivity contribution in [3.05, 3.63) is 29.3 Å². The summed E-state index contributed by atoms with van der Waals surface area (Å²) in [5.74, 6) is 0.368. The van der Waals surface area contributed by atoms with Gasteiger partial charge < -0.3 is 4.90 Å². The predicted molar refractivity (Wildman–Crippen MR) is 62.5 cm³/mol. The van der Waals surface area contributed by atoms with Gasteiger partial charge in [0.1, 0.15) is 5.78 Å². The van der Waals surface area contributed by atoms with E-state index in [0.29, 0.717) is 24.7 Å². The fourth-order valence-electron chi connectivity index (χ4n) is 2.02. The Labute approximate surface area is 94.8 Å². The molecule has 1 unspecified atom stereocenters. The molecule has 2 nitrogen and oxygen atoms in total. The van der Waals surface area contributed by atoms with E-state index in [4.69, 9.17) is 11.6 Å². The van der Waals surface area contributed by atoms with Gasteiger partial charge in [0.2, 0.25) is 0 Å². The summed E-state index contributed by atoms with van der Waals surface area (Å²) in [5.41, 5.74) is 1.15. The van der Waals surface area contributed by atoms with Gasteiger partial charge in [-0.2, -0.15) is 0 Å². The second-order valence-corrected chi connectivity index (χ2v) is 4.45. The zero-order valence-corrected chi connectivity index (χ0v) is 9.50. The lowest BCUT2D eigenvalue weighted by Crippen LogP contribution is -2.41. The van der Waals surface area contributed by atoms with Gasteiger partial charge in [0.15, 0.2) is 0 Å². The van der Waals surface area contributed by atoms with Gasteiger partial charge in [0.25, 0.3) is 0 Å². The normalized spacial score (nSPS) is 21.9. The van der Waals surface area contributed by atoms with Crippen molar-refractivity contribution in [2.24, 2.45) is 0 Å². The number of carbonyl (C=O) groups excluding carboxylic acids is 1. The van der Waals surface area contributed by atoms with Crippen LogP contribution >= 0.6 is 11.6 Å². The molecule has 1 aliphatic rings. The van der Waals surface area contributed by atoms with Crippen LogP contribution in [0, 0.1) is 0 Å². The molecule has 0 saturated carbocycles. The van der Waals surface area contributed by atoms with E-state index in [1.165, 1.54) is 0 Å². The van der Waals surface area contributed by atoms with Crippen molar-refractivity contribution in [2.75, 3.05) is 11.4 Å². The predicted octanol–water partition coefficient (Wildman–Crippen LogP) is 2.90. The first-order valence-electron chi connectivity index (χ1n) is 5.21. The third-order valence-corrected chi connectivity index (χ3v) is 3.10. The van der Waals surface area contributed by atoms with Gasteiger partial charge in [0.05, 0.1) is 0 Å². The Bertz CT molecular complexity index is 360. The molecule has 1 aromatic rings. The number of ketones is 1. The Morgan fingerprint density at radius 2 is 2.00 bits per heavy atom. The van der Waals surface area contributed by atoms with Crippen molar-refractivity contribution < 1.29 is 4.79 Å². The molecule has 3 heteroatoms. The molecule has 0 spiro atoms. The molecule has 0 bridgehead atoms. The number of hydrogen-bond donors (Lipinski definition) is 0. The monoisotopic (exact) mass is 223 g/mol. The molecule has 80 valence electrons. The van der Waals surface area contributed by atoms with E-state index in [9.17, 15) is 4.79 Å². The number of benzene rings is 1. The summed E-state index contributed by atoms with van der Waals surface area (Å²) in [6.07, 6.45) is 1.32. The Morgan fingerprint density at radius 1 is 1.33 bits per heavy atom. The zero-order valence-electron chi connectivity index (χ0n) is 8.74. The number of carbonyl (C=O) groups is 1. The van der Waals surface area contributed by atoms with E-state index in [2.05, 4.69) is 11.8 Å². The van der Waals surface area contributed by atoms with Crippen LogP contribution in [0.3, 0.4) is 0 Å². The molecular weight excluding hydrogens is 210 g/mol. The molecule has 1 aliphatic heterocycles. The molecule has 1 fully saturated rings. The zero-order chi connectivity index (χ0) is 10.8. The average Bonchev–Trinajstić information content (AvgIpc) is 2.20. The van der Waals surface area contributed by atoms with Gasteiger partial charge in [-0.1, -0.05) is 11.6 Å². The lowest BCUT2D eigenvalue weighted by molar-refractivity contribution is -0.120. The van der Waals surface area contributed by atoms with Crippen LogP contribution in [0.1, 0.15) is 19.8 Å². The Hall–Kier alpha value is -1.02. The van der Waals surface area contributed by atoms with E-state index in [1.54, 1.807) is 0 Å². The Kier molecular flexibility index (Phi) is 2.96. The number of Topliss-reactive ketones (excluding diaryl/α,β-unsaturated/α-hetero) is 1. The van der Waals surface area contributed by atoms with E-state index >= 15 is 0 Å². The minimum Gasteiger partial charge on any atom is -0.368 e. The van der Waals surface area contributed by atoms with Crippen molar-refractivity contribution in [3.63, 3.8) is 0 Å². The van der Waals surface area contributed by atoms with Gasteiger partial charge in [-0.3, -0.25) is 4.79 Å². The molecule has 1 atom stereocenters. The standard InChI is InChI=1S/C12H14ClNO/c1-9-8-12(15)6-7-14(9)11-4-2-10(13)3-5-11/h2-5,9H,6-8H2,1H3. The van der Waals surface area contributed by atoms with E-state index in [-0.39, 0.29) is 0 Å². The number of piperidine rings is 1. The van der Waals surface area contributed by atoms with Gasteiger partial charge in [0, 0.05) is 36.1 Å². The minimum absolute atomic E-state index is 0.299. The van der Waals surface area contributed by atoms with E-state index in [0.717, 1.165) is 17.3 Å². The fourth-order valence-corrected chi connectivity index (χ4v) is 2.15. The van der Waals surface area contributed by atoms with Gasteiger partial charge in [-0.25, -0.2) is 0 Å². The number of rotatable bonds is 1. The van der Waals surface area contributed by atoms with Gasteiger partial charge in [-0.15, -0.1) is 0 Å². The maximum atomic E-state index is 11.3. The lowest BCUT2D eigenvalue weighted by Gasteiger charge is -2.34. The van der Waals surface area contributed by atoms with Crippen molar-refractivity contribution in [3.8, 4) is 0 Å². The minimum atomic E-state index is 0.299. The molecule has 0 aromatic heterocycles. The topological polar surface area (TPSA) is 20.3 Å². The summed E-state index contributed by atoms with van der Waals surface area (Å²) in [7, 11) is 0. The lowest BCUT2D eigenvalue weighted by atomic mass is 10.0. The molecule has 15 heavy (non-hydrogen) atoms. The maximum absolute atomic E-state index is 11.3. The second-order valence-electron chi connectivity index (χ2n) is 4.01. The fraction of sp³-hybridized carbons (Fsp3) is 0.417. The average molecular weight is 224 g/mol. The van der Waals surface area contributed by atoms with Gasteiger partial charge >= 0.3 is 0 Å². The quantitative estimate of drug-likeness (QED) is 0.730. The van der Waals surface area contributed by atoms with Crippen LogP contribution in [0.15, 0.2) is 24.3 Å². The third kappa shape index (κ3) is 2.32. The first-order chi connectivity index (χ1) is 7.16. The van der Waals surface area contributed by atoms with Crippen LogP contribution < -0.4 is 4.90 Å². The number of hydrogen-bond acceptors (Lipinski definition) is 2. The summed E-state index contributed by atoms with van der Waals surface area (Å²) in [6.45, 7) is 2.91. The molecule has 1 aromatic carbocycles. The summed E-state index contributed by atoms with van der Waals surface area (Å²) in [6, 6.07) is 8.09. The number of nitrogens with zero attached hydrogens (tertiary/aromatic N) is 1. The van der Waals surface area contributed by atoms with E-state index in [1.807, 2.05) is 24.3 Å². The van der Waals surface area contributed by atoms with Crippen LogP contribution in [0.25, 0.3) is 0 Å². The Morgan fingerprint density at radius 3 is 2.60 bits per heavy atom. The van der Waals surface area contributed by atoms with Crippen LogP contribution in [0.2, 0.25) is 5.02 Å². The smallest absolute Gasteiger partial charge is 0.136 e. The molecule has 0 amide bonds. The van der Waals surface area contributed by atoms with E-state index < -0.39 is 0 Å². The third-order valence-electron chi connectivity index (χ3n) is 2.84. The maximum Gasteiger partial charge on any atom is 0.136 e. The molecule has 2 rings (SSSR count). The SMILES string of the molecule is CC1CC(=O)CCN1c1ccc(Cl)cc1. The highest BCUT2D eigenvalue weighted by atomic mass is 35.5. The summed E-state index contributed by atoms with van der Waals surface area (Å²) in [5, 5.41) is 0.750. The molecule has 0 aliphatic carbocycles. The highest BCUT2D eigenvalue weighted by Gasteiger charge is 2.23. The van der Waals surface area contributed by atoms with Crippen molar-refractivity contribution >= 4 is 23.1 Å². The van der Waals surface area contributed by atoms with Crippen molar-refractivity contribution in [1.29, 1.82) is 0 Å². The van der Waals surface area contributed by atoms with Crippen LogP contribution in [0.5, 0.6) is 0 Å². The summed E-state index contributed by atoms with van der Waals surface area (Å²) in [4.78, 5) is 13.5. The Balaban J connectivity index is 2.16. The van der Waals surface area contributed by atoms with Crippen LogP contribution in [0.4, 0.5) is 5.69 Å². The largest absolute Gasteiger partial charge is 0.368 e. The first-order valence-corrected chi connectivity index (χ1v) is 5.58. The number of halogens is 1.